The first kappa shape index (κ1) is 20.9. The first-order valence-electron chi connectivity index (χ1n) is 10.8. The lowest BCUT2D eigenvalue weighted by molar-refractivity contribution is 0.455. The largest absolute Gasteiger partial charge is 0.346 e. The van der Waals surface area contributed by atoms with Crippen LogP contribution in [-0.4, -0.2) is 37.4 Å². The number of halogens is 2. The van der Waals surface area contributed by atoms with Crippen LogP contribution in [0.1, 0.15) is 24.5 Å². The summed E-state index contributed by atoms with van der Waals surface area (Å²) in [5, 5.41) is 8.93. The van der Waals surface area contributed by atoms with Crippen LogP contribution in [0.15, 0.2) is 47.0 Å². The summed E-state index contributed by atoms with van der Waals surface area (Å²) in [4.78, 5) is 28.3. The number of anilines is 2. The van der Waals surface area contributed by atoms with Crippen LogP contribution in [0.4, 0.5) is 19.9 Å². The minimum atomic E-state index is -0.743. The number of hydrogen-bond donors (Lipinski definition) is 3. The number of thiazole rings is 1. The number of piperidine rings is 1. The molecule has 5 aromatic rings. The highest BCUT2D eigenvalue weighted by molar-refractivity contribution is 7.13. The van der Waals surface area contributed by atoms with Crippen molar-refractivity contribution in [1.82, 2.24) is 29.7 Å². The SMILES string of the molecule is O=c1cc2[nH]ccn2c2cc(-c3nc(Nc4nc(C5CCNCC5)cs4)ncc3F)cc(F)c12. The molecule has 0 radical (unpaired) electrons. The number of rotatable bonds is 4. The molecule has 0 aliphatic carbocycles. The Balaban J connectivity index is 1.37. The van der Waals surface area contributed by atoms with E-state index >= 15 is 0 Å². The maximum Gasteiger partial charge on any atom is 0.229 e. The van der Waals surface area contributed by atoms with Gasteiger partial charge in [-0.3, -0.25) is 4.79 Å². The zero-order chi connectivity index (χ0) is 23.2. The van der Waals surface area contributed by atoms with Gasteiger partial charge in [-0.2, -0.15) is 0 Å². The summed E-state index contributed by atoms with van der Waals surface area (Å²) >= 11 is 1.43. The Morgan fingerprint density at radius 2 is 1.97 bits per heavy atom. The Morgan fingerprint density at radius 1 is 1.12 bits per heavy atom. The molecule has 11 heteroatoms. The molecule has 1 aromatic carbocycles. The zero-order valence-electron chi connectivity index (χ0n) is 17.8. The molecule has 1 saturated heterocycles. The molecule has 0 bridgehead atoms. The molecule has 1 aliphatic heterocycles. The normalized spacial score (nSPS) is 14.8. The van der Waals surface area contributed by atoms with Crippen LogP contribution < -0.4 is 16.1 Å². The summed E-state index contributed by atoms with van der Waals surface area (Å²) in [7, 11) is 0. The van der Waals surface area contributed by atoms with Gasteiger partial charge in [-0.15, -0.1) is 11.3 Å². The van der Waals surface area contributed by atoms with Crippen LogP contribution in [-0.2, 0) is 0 Å². The van der Waals surface area contributed by atoms with Crippen LogP contribution in [0.25, 0.3) is 27.8 Å². The summed E-state index contributed by atoms with van der Waals surface area (Å²) < 4.78 is 31.3. The lowest BCUT2D eigenvalue weighted by Crippen LogP contribution is -2.26. The number of nitrogens with zero attached hydrogens (tertiary/aromatic N) is 4. The lowest BCUT2D eigenvalue weighted by Gasteiger charge is -2.20. The zero-order valence-corrected chi connectivity index (χ0v) is 18.6. The summed E-state index contributed by atoms with van der Waals surface area (Å²) in [6, 6.07) is 4.00. The predicted octanol–water partition coefficient (Wildman–Crippen LogP) is 4.18. The molecule has 1 aliphatic rings. The van der Waals surface area contributed by atoms with E-state index in [1.54, 1.807) is 22.9 Å². The average Bonchev–Trinajstić information content (AvgIpc) is 3.50. The van der Waals surface area contributed by atoms with E-state index in [9.17, 15) is 13.6 Å². The number of benzene rings is 1. The maximum absolute atomic E-state index is 15.0. The first-order valence-corrected chi connectivity index (χ1v) is 11.7. The Labute approximate surface area is 195 Å². The van der Waals surface area contributed by atoms with Gasteiger partial charge in [0.15, 0.2) is 16.4 Å². The van der Waals surface area contributed by atoms with Gasteiger partial charge in [0.25, 0.3) is 0 Å². The van der Waals surface area contributed by atoms with Gasteiger partial charge in [0.05, 0.1) is 22.8 Å². The van der Waals surface area contributed by atoms with E-state index in [-0.39, 0.29) is 22.6 Å². The molecule has 1 fully saturated rings. The molecule has 0 amide bonds. The molecular formula is C23H19F2N7OS. The summed E-state index contributed by atoms with van der Waals surface area (Å²) in [6.45, 7) is 1.94. The van der Waals surface area contributed by atoms with E-state index in [4.69, 9.17) is 0 Å². The monoisotopic (exact) mass is 479 g/mol. The second kappa shape index (κ2) is 8.26. The Hall–Kier alpha value is -3.70. The topological polar surface area (TPSA) is 100 Å². The van der Waals surface area contributed by atoms with Crippen molar-refractivity contribution < 1.29 is 8.78 Å². The third kappa shape index (κ3) is 3.62. The number of imidazole rings is 1. The summed E-state index contributed by atoms with van der Waals surface area (Å²) in [5.41, 5.74) is 1.51. The van der Waals surface area contributed by atoms with Gasteiger partial charge >= 0.3 is 0 Å². The molecule has 172 valence electrons. The van der Waals surface area contributed by atoms with E-state index in [0.717, 1.165) is 43.9 Å². The minimum Gasteiger partial charge on any atom is -0.346 e. The van der Waals surface area contributed by atoms with Crippen LogP contribution in [0.3, 0.4) is 0 Å². The molecule has 8 nitrogen and oxygen atoms in total. The van der Waals surface area contributed by atoms with Crippen molar-refractivity contribution in [3.8, 4) is 11.3 Å². The molecular weight excluding hydrogens is 460 g/mol. The van der Waals surface area contributed by atoms with E-state index in [1.807, 2.05) is 5.38 Å². The van der Waals surface area contributed by atoms with Crippen LogP contribution in [0.5, 0.6) is 0 Å². The lowest BCUT2D eigenvalue weighted by atomic mass is 9.96. The van der Waals surface area contributed by atoms with Crippen LogP contribution in [0.2, 0.25) is 0 Å². The molecule has 3 N–H and O–H groups in total. The molecule has 0 saturated carbocycles. The number of aromatic amines is 1. The fourth-order valence-electron chi connectivity index (χ4n) is 4.40. The predicted molar refractivity (Wildman–Crippen MR) is 127 cm³/mol. The van der Waals surface area contributed by atoms with Gasteiger partial charge in [-0.25, -0.2) is 23.7 Å². The van der Waals surface area contributed by atoms with E-state index in [2.05, 4.69) is 30.6 Å². The van der Waals surface area contributed by atoms with Gasteiger partial charge in [0.1, 0.15) is 17.2 Å². The van der Waals surface area contributed by atoms with Gasteiger partial charge in [0, 0.05) is 35.3 Å². The molecule has 5 heterocycles. The second-order valence-corrected chi connectivity index (χ2v) is 9.05. The van der Waals surface area contributed by atoms with Gasteiger partial charge in [0.2, 0.25) is 5.95 Å². The van der Waals surface area contributed by atoms with Crippen molar-refractivity contribution in [2.24, 2.45) is 0 Å². The Kier molecular flexibility index (Phi) is 5.07. The molecule has 34 heavy (non-hydrogen) atoms. The van der Waals surface area contributed by atoms with E-state index in [1.165, 1.54) is 17.4 Å². The van der Waals surface area contributed by atoms with Crippen molar-refractivity contribution in [1.29, 1.82) is 0 Å². The minimum absolute atomic E-state index is 0.0677. The molecule has 0 spiro atoms. The second-order valence-electron chi connectivity index (χ2n) is 8.19. The Morgan fingerprint density at radius 3 is 2.82 bits per heavy atom. The highest BCUT2D eigenvalue weighted by atomic mass is 32.1. The van der Waals surface area contributed by atoms with Crippen molar-refractivity contribution >= 4 is 39.0 Å². The molecule has 0 unspecified atom stereocenters. The quantitative estimate of drug-likeness (QED) is 0.358. The Bertz CT molecular complexity index is 1590. The smallest absolute Gasteiger partial charge is 0.229 e. The highest BCUT2D eigenvalue weighted by Crippen LogP contribution is 2.31. The number of fused-ring (bicyclic) bond motifs is 3. The van der Waals surface area contributed by atoms with Crippen LogP contribution in [0, 0.1) is 11.6 Å². The van der Waals surface area contributed by atoms with Crippen molar-refractivity contribution in [2.75, 3.05) is 18.4 Å². The van der Waals surface area contributed by atoms with Crippen molar-refractivity contribution in [3.63, 3.8) is 0 Å². The fraction of sp³-hybridized carbons (Fsp3) is 0.217. The molecule has 6 rings (SSSR count). The van der Waals surface area contributed by atoms with Gasteiger partial charge < -0.3 is 20.0 Å². The van der Waals surface area contributed by atoms with Crippen molar-refractivity contribution in [3.05, 3.63) is 69.7 Å². The molecule has 4 aromatic heterocycles. The fourth-order valence-corrected chi connectivity index (χ4v) is 5.19. The van der Waals surface area contributed by atoms with E-state index < -0.39 is 17.1 Å². The standard InChI is InChI=1S/C23H19F2N7OS/c24-14-7-13(8-17-20(14)18(33)9-19-27-5-6-32(17)19)21-15(25)10-28-22(30-21)31-23-29-16(11-34-23)12-1-3-26-4-2-12/h5-12,26-27H,1-4H2,(H,28,29,30,31). The number of H-pyrrole nitrogens is 1. The van der Waals surface area contributed by atoms with Gasteiger partial charge in [-0.1, -0.05) is 0 Å². The number of pyridine rings is 1. The highest BCUT2D eigenvalue weighted by Gasteiger charge is 2.19. The summed E-state index contributed by atoms with van der Waals surface area (Å²) in [6.07, 6.45) is 6.41. The maximum atomic E-state index is 15.0. The van der Waals surface area contributed by atoms with Crippen molar-refractivity contribution in [2.45, 2.75) is 18.8 Å². The third-order valence-electron chi connectivity index (χ3n) is 6.07. The molecule has 0 atom stereocenters. The number of nitrogens with one attached hydrogen (secondary N) is 3. The van der Waals surface area contributed by atoms with Crippen LogP contribution >= 0.6 is 11.3 Å². The first-order chi connectivity index (χ1) is 16.6. The number of aromatic nitrogens is 5. The summed E-state index contributed by atoms with van der Waals surface area (Å²) in [5.74, 6) is -0.883. The third-order valence-corrected chi connectivity index (χ3v) is 6.85. The average molecular weight is 480 g/mol. The van der Waals surface area contributed by atoms with E-state index in [0.29, 0.717) is 22.2 Å². The number of hydrogen-bond acceptors (Lipinski definition) is 7. The van der Waals surface area contributed by atoms with Gasteiger partial charge in [-0.05, 0) is 38.1 Å².